The monoisotopic (exact) mass is 512 g/mol. The first kappa shape index (κ1) is 27.6. The van der Waals surface area contributed by atoms with Crippen molar-refractivity contribution in [2.75, 3.05) is 0 Å². The standard InChI is InChI=1S/C30H40O7/c1-15-6-8-20(17(3)12-25-27(23(32)10-15)19(5)29(34)36-25)14-21-28-24(33)11-16(2)7-9-22(31)18(4)13-26(28)37-30(21)35/h10-13,20-28,31-33H,5-9,14H2,1-4H3/b15-10-,16-11-,17-12-,18-13-/t20-,21-,22+,23-,24-,25+,26+,27+,28+/m1/s1. The second-order valence-corrected chi connectivity index (χ2v) is 11.4. The number of carbonyl (C=O) groups is 2. The number of allylic oxidation sites excluding steroid dienone is 3. The number of esters is 2. The molecular weight excluding hydrogens is 472 g/mol. The lowest BCUT2D eigenvalue weighted by molar-refractivity contribution is -0.143. The number of carbonyl (C=O) groups excluding carboxylic acids is 2. The maximum absolute atomic E-state index is 13.2. The predicted octanol–water partition coefficient (Wildman–Crippen LogP) is 3.70. The molecule has 0 amide bonds. The quantitative estimate of drug-likeness (QED) is 0.294. The molecule has 0 radical (unpaired) electrons. The summed E-state index contributed by atoms with van der Waals surface area (Å²) in [6.45, 7) is 11.5. The summed E-state index contributed by atoms with van der Waals surface area (Å²) in [5.41, 5.74) is 3.95. The van der Waals surface area contributed by atoms with Gasteiger partial charge >= 0.3 is 11.9 Å². The topological polar surface area (TPSA) is 113 Å². The Morgan fingerprint density at radius 1 is 0.838 bits per heavy atom. The molecule has 0 aromatic heterocycles. The zero-order valence-electron chi connectivity index (χ0n) is 22.2. The lowest BCUT2D eigenvalue weighted by Gasteiger charge is -2.29. The average molecular weight is 513 g/mol. The van der Waals surface area contributed by atoms with Crippen molar-refractivity contribution in [3.63, 3.8) is 0 Å². The van der Waals surface area contributed by atoms with Crippen LogP contribution < -0.4 is 0 Å². The maximum atomic E-state index is 13.2. The van der Waals surface area contributed by atoms with Crippen molar-refractivity contribution < 1.29 is 34.4 Å². The number of rotatable bonds is 2. The zero-order valence-corrected chi connectivity index (χ0v) is 22.2. The summed E-state index contributed by atoms with van der Waals surface area (Å²) in [6, 6.07) is 0. The number of ether oxygens (including phenoxy) is 2. The molecule has 202 valence electrons. The van der Waals surface area contributed by atoms with Crippen molar-refractivity contribution in [3.8, 4) is 0 Å². The number of fused-ring (bicyclic) bond motifs is 2. The average Bonchev–Trinajstić information content (AvgIpc) is 3.27. The van der Waals surface area contributed by atoms with E-state index < -0.39 is 54.2 Å². The van der Waals surface area contributed by atoms with Gasteiger partial charge in [0.1, 0.15) is 12.2 Å². The fourth-order valence-electron chi connectivity index (χ4n) is 6.22. The molecule has 4 rings (SSSR count). The van der Waals surface area contributed by atoms with Gasteiger partial charge in [-0.2, -0.15) is 0 Å². The highest BCUT2D eigenvalue weighted by atomic mass is 16.6. The van der Waals surface area contributed by atoms with Crippen LogP contribution in [-0.2, 0) is 19.1 Å². The van der Waals surface area contributed by atoms with Crippen LogP contribution >= 0.6 is 0 Å². The molecule has 2 fully saturated rings. The molecule has 7 heteroatoms. The van der Waals surface area contributed by atoms with Gasteiger partial charge in [-0.15, -0.1) is 0 Å². The number of hydrogen-bond donors (Lipinski definition) is 3. The maximum Gasteiger partial charge on any atom is 0.334 e. The Balaban J connectivity index is 1.66. The SMILES string of the molecule is C=C1C(=O)O[C@H]2/C=C(/C)[C@@H](C[C@H]3C(=O)O[C@H]4/C=C(/C)[C@@H](O)CC/C(C)=C\[C@@H](O)[C@@H]43)CC/C(C)=C\[C@@H](O)[C@H]12. The van der Waals surface area contributed by atoms with Gasteiger partial charge in [0.2, 0.25) is 0 Å². The fourth-order valence-corrected chi connectivity index (χ4v) is 6.22. The fraction of sp³-hybridized carbons (Fsp3) is 0.600. The minimum atomic E-state index is -0.867. The zero-order chi connectivity index (χ0) is 27.0. The van der Waals surface area contributed by atoms with Crippen LogP contribution in [0.25, 0.3) is 0 Å². The van der Waals surface area contributed by atoms with E-state index in [9.17, 15) is 24.9 Å². The third kappa shape index (κ3) is 5.84. The summed E-state index contributed by atoms with van der Waals surface area (Å²) in [6.07, 6.45) is 6.81. The molecule has 0 saturated carbocycles. The van der Waals surface area contributed by atoms with Gasteiger partial charge in [-0.3, -0.25) is 4.79 Å². The van der Waals surface area contributed by atoms with E-state index in [1.165, 1.54) is 0 Å². The Morgan fingerprint density at radius 2 is 1.46 bits per heavy atom. The van der Waals surface area contributed by atoms with E-state index in [0.717, 1.165) is 28.7 Å². The van der Waals surface area contributed by atoms with Crippen LogP contribution in [0.5, 0.6) is 0 Å². The molecule has 2 aliphatic carbocycles. The summed E-state index contributed by atoms with van der Waals surface area (Å²) in [7, 11) is 0. The van der Waals surface area contributed by atoms with E-state index in [1.807, 2.05) is 33.8 Å². The van der Waals surface area contributed by atoms with E-state index in [1.54, 1.807) is 18.2 Å². The van der Waals surface area contributed by atoms with Crippen LogP contribution in [0.15, 0.2) is 58.7 Å². The van der Waals surface area contributed by atoms with Crippen molar-refractivity contribution >= 4 is 11.9 Å². The van der Waals surface area contributed by atoms with Gasteiger partial charge in [0, 0.05) is 11.5 Å². The second kappa shape index (κ2) is 11.1. The Bertz CT molecular complexity index is 1060. The third-order valence-electron chi connectivity index (χ3n) is 8.60. The van der Waals surface area contributed by atoms with Crippen molar-refractivity contribution in [3.05, 3.63) is 58.7 Å². The highest BCUT2D eigenvalue weighted by molar-refractivity contribution is 5.91. The van der Waals surface area contributed by atoms with Crippen molar-refractivity contribution in [2.45, 2.75) is 90.3 Å². The summed E-state index contributed by atoms with van der Waals surface area (Å²) < 4.78 is 11.3. The normalized spacial score (nSPS) is 44.9. The smallest absolute Gasteiger partial charge is 0.334 e. The van der Waals surface area contributed by atoms with Gasteiger partial charge in [-0.25, -0.2) is 4.79 Å². The van der Waals surface area contributed by atoms with Crippen LogP contribution in [0, 0.1) is 23.7 Å². The Kier molecular flexibility index (Phi) is 8.26. The molecule has 4 aliphatic rings. The van der Waals surface area contributed by atoms with Crippen LogP contribution in [0.1, 0.15) is 59.8 Å². The van der Waals surface area contributed by atoms with E-state index in [0.29, 0.717) is 25.7 Å². The van der Waals surface area contributed by atoms with Crippen molar-refractivity contribution in [1.29, 1.82) is 0 Å². The van der Waals surface area contributed by atoms with Gasteiger partial charge in [0.15, 0.2) is 0 Å². The molecule has 3 N–H and O–H groups in total. The Morgan fingerprint density at radius 3 is 2.16 bits per heavy atom. The molecule has 0 spiro atoms. The van der Waals surface area contributed by atoms with E-state index in [4.69, 9.17) is 9.47 Å². The van der Waals surface area contributed by atoms with Crippen molar-refractivity contribution in [2.24, 2.45) is 23.7 Å². The lowest BCUT2D eigenvalue weighted by Crippen LogP contribution is -2.33. The number of aliphatic hydroxyl groups excluding tert-OH is 3. The first-order valence-corrected chi connectivity index (χ1v) is 13.3. The van der Waals surface area contributed by atoms with Crippen LogP contribution in [0.2, 0.25) is 0 Å². The first-order valence-electron chi connectivity index (χ1n) is 13.3. The van der Waals surface area contributed by atoms with Crippen molar-refractivity contribution in [1.82, 2.24) is 0 Å². The Labute approximate surface area is 219 Å². The Hall–Kier alpha value is -2.48. The molecule has 2 aliphatic heterocycles. The van der Waals surface area contributed by atoms with Gasteiger partial charge < -0.3 is 24.8 Å². The molecule has 0 unspecified atom stereocenters. The molecule has 0 bridgehead atoms. The summed E-state index contributed by atoms with van der Waals surface area (Å²) in [5, 5.41) is 32.5. The summed E-state index contributed by atoms with van der Waals surface area (Å²) >= 11 is 0. The number of aliphatic hydroxyl groups is 3. The van der Waals surface area contributed by atoms with E-state index in [-0.39, 0.29) is 17.5 Å². The minimum absolute atomic E-state index is 0.0218. The highest BCUT2D eigenvalue weighted by Gasteiger charge is 2.48. The molecule has 7 nitrogen and oxygen atoms in total. The largest absolute Gasteiger partial charge is 0.457 e. The third-order valence-corrected chi connectivity index (χ3v) is 8.60. The summed E-state index contributed by atoms with van der Waals surface area (Å²) in [4.78, 5) is 25.5. The van der Waals surface area contributed by atoms with E-state index in [2.05, 4.69) is 6.58 Å². The molecule has 2 heterocycles. The molecule has 9 atom stereocenters. The van der Waals surface area contributed by atoms with Crippen LogP contribution in [-0.4, -0.2) is 57.8 Å². The van der Waals surface area contributed by atoms with E-state index >= 15 is 0 Å². The number of hydrogen-bond acceptors (Lipinski definition) is 7. The van der Waals surface area contributed by atoms with Crippen LogP contribution in [0.4, 0.5) is 0 Å². The van der Waals surface area contributed by atoms with Gasteiger partial charge in [0.05, 0.1) is 30.1 Å². The molecular formula is C30H40O7. The highest BCUT2D eigenvalue weighted by Crippen LogP contribution is 2.42. The minimum Gasteiger partial charge on any atom is -0.457 e. The van der Waals surface area contributed by atoms with Gasteiger partial charge in [0.25, 0.3) is 0 Å². The molecule has 0 aromatic rings. The van der Waals surface area contributed by atoms with Gasteiger partial charge in [-0.1, -0.05) is 35.5 Å². The molecule has 0 aromatic carbocycles. The predicted molar refractivity (Wildman–Crippen MR) is 139 cm³/mol. The van der Waals surface area contributed by atoms with Gasteiger partial charge in [-0.05, 0) is 83.4 Å². The molecule has 2 saturated heterocycles. The first-order chi connectivity index (χ1) is 17.5. The summed E-state index contributed by atoms with van der Waals surface area (Å²) in [5.74, 6) is -2.42. The van der Waals surface area contributed by atoms with Crippen LogP contribution in [0.3, 0.4) is 0 Å². The lowest BCUT2D eigenvalue weighted by atomic mass is 9.75. The second-order valence-electron chi connectivity index (χ2n) is 11.4. The molecule has 37 heavy (non-hydrogen) atoms.